The van der Waals surface area contributed by atoms with Gasteiger partial charge in [-0.3, -0.25) is 9.36 Å². The molecule has 5 rings (SSSR count). The molecule has 9 heteroatoms. The molecule has 0 N–H and O–H groups in total. The maximum Gasteiger partial charge on any atom is 0.338 e. The van der Waals surface area contributed by atoms with Crippen LogP contribution in [-0.2, 0) is 16.1 Å². The number of thiophene rings is 1. The summed E-state index contributed by atoms with van der Waals surface area (Å²) in [4.78, 5) is 32.6. The largest absolute Gasteiger partial charge is 0.493 e. The average Bonchev–Trinajstić information content (AvgIpc) is 3.54. The van der Waals surface area contributed by atoms with Crippen LogP contribution in [0.5, 0.6) is 11.5 Å². The van der Waals surface area contributed by atoms with Gasteiger partial charge in [-0.05, 0) is 47.7 Å². The molecule has 1 atom stereocenters. The molecule has 0 fully saturated rings. The fraction of sp³-hybridized carbons (Fsp3) is 0.179. The SMILES string of the molecule is COC(=O)C1=C(C)N=c2sc(=Cc3cccs3)c(=O)n2C1c1ccc(OCc2ccccc2)c(OC)c1. The molecule has 7 nitrogen and oxygen atoms in total. The van der Waals surface area contributed by atoms with Gasteiger partial charge in [-0.2, -0.15) is 0 Å². The average molecular weight is 533 g/mol. The van der Waals surface area contributed by atoms with Gasteiger partial charge in [0.1, 0.15) is 6.61 Å². The van der Waals surface area contributed by atoms with Crippen LogP contribution in [0.4, 0.5) is 0 Å². The number of methoxy groups -OCH3 is 2. The van der Waals surface area contributed by atoms with Gasteiger partial charge in [0.15, 0.2) is 16.3 Å². The molecule has 2 aromatic heterocycles. The van der Waals surface area contributed by atoms with Gasteiger partial charge in [0.2, 0.25) is 0 Å². The van der Waals surface area contributed by atoms with Gasteiger partial charge in [-0.1, -0.05) is 53.8 Å². The molecule has 4 aromatic rings. The Hall–Kier alpha value is -3.95. The summed E-state index contributed by atoms with van der Waals surface area (Å²) < 4.78 is 18.8. The van der Waals surface area contributed by atoms with Crippen LogP contribution < -0.4 is 24.4 Å². The molecule has 0 saturated carbocycles. The number of rotatable bonds is 7. The van der Waals surface area contributed by atoms with Gasteiger partial charge in [-0.25, -0.2) is 9.79 Å². The van der Waals surface area contributed by atoms with Crippen molar-refractivity contribution < 1.29 is 19.0 Å². The molecule has 1 aliphatic rings. The second-order valence-electron chi connectivity index (χ2n) is 8.27. The molecule has 0 bridgehead atoms. The van der Waals surface area contributed by atoms with Crippen LogP contribution in [0.3, 0.4) is 0 Å². The molecule has 3 heterocycles. The molecular formula is C28H24N2O5S2. The summed E-state index contributed by atoms with van der Waals surface area (Å²) in [7, 11) is 2.88. The first-order chi connectivity index (χ1) is 18.0. The van der Waals surface area contributed by atoms with Crippen molar-refractivity contribution in [1.29, 1.82) is 0 Å². The minimum atomic E-state index is -0.730. The topological polar surface area (TPSA) is 79.1 Å². The summed E-state index contributed by atoms with van der Waals surface area (Å²) >= 11 is 2.84. The van der Waals surface area contributed by atoms with Crippen molar-refractivity contribution in [2.75, 3.05) is 14.2 Å². The van der Waals surface area contributed by atoms with Crippen molar-refractivity contribution >= 4 is 34.7 Å². The van der Waals surface area contributed by atoms with Gasteiger partial charge in [0.25, 0.3) is 5.56 Å². The van der Waals surface area contributed by atoms with Crippen LogP contribution in [0.2, 0.25) is 0 Å². The highest BCUT2D eigenvalue weighted by molar-refractivity contribution is 7.11. The fourth-order valence-electron chi connectivity index (χ4n) is 4.22. The van der Waals surface area contributed by atoms with Gasteiger partial charge >= 0.3 is 5.97 Å². The summed E-state index contributed by atoms with van der Waals surface area (Å²) in [6.45, 7) is 2.13. The van der Waals surface area contributed by atoms with E-state index in [9.17, 15) is 9.59 Å². The van der Waals surface area contributed by atoms with E-state index in [2.05, 4.69) is 4.99 Å². The van der Waals surface area contributed by atoms with Crippen molar-refractivity contribution in [2.24, 2.45) is 4.99 Å². The fourth-order valence-corrected chi connectivity index (χ4v) is 5.99. The highest BCUT2D eigenvalue weighted by Crippen LogP contribution is 2.36. The maximum atomic E-state index is 13.6. The van der Waals surface area contributed by atoms with E-state index in [-0.39, 0.29) is 5.56 Å². The minimum absolute atomic E-state index is 0.223. The van der Waals surface area contributed by atoms with Crippen molar-refractivity contribution in [1.82, 2.24) is 4.57 Å². The Bertz CT molecular complexity index is 1650. The predicted octanol–water partition coefficient (Wildman–Crippen LogP) is 4.06. The third-order valence-electron chi connectivity index (χ3n) is 5.98. The first-order valence-electron chi connectivity index (χ1n) is 11.5. The number of ether oxygens (including phenoxy) is 3. The smallest absolute Gasteiger partial charge is 0.338 e. The first kappa shape index (κ1) is 24.7. The van der Waals surface area contributed by atoms with Crippen LogP contribution in [0.15, 0.2) is 87.1 Å². The second-order valence-corrected chi connectivity index (χ2v) is 10.3. The summed E-state index contributed by atoms with van der Waals surface area (Å²) in [5.41, 5.74) is 2.29. The molecular weight excluding hydrogens is 508 g/mol. The maximum absolute atomic E-state index is 13.6. The number of benzene rings is 2. The van der Waals surface area contributed by atoms with E-state index in [1.165, 1.54) is 18.4 Å². The molecule has 37 heavy (non-hydrogen) atoms. The number of allylic oxidation sites excluding steroid dienone is 1. The third kappa shape index (κ3) is 4.87. The van der Waals surface area contributed by atoms with Gasteiger partial charge < -0.3 is 14.2 Å². The molecule has 2 aromatic carbocycles. The first-order valence-corrected chi connectivity index (χ1v) is 13.2. The predicted molar refractivity (Wildman–Crippen MR) is 144 cm³/mol. The Labute approximate surface area is 221 Å². The van der Waals surface area contributed by atoms with E-state index < -0.39 is 12.0 Å². The Morgan fingerprint density at radius 3 is 2.59 bits per heavy atom. The molecule has 1 unspecified atom stereocenters. The van der Waals surface area contributed by atoms with Gasteiger partial charge in [0, 0.05) is 4.88 Å². The molecule has 188 valence electrons. The monoisotopic (exact) mass is 532 g/mol. The second kappa shape index (κ2) is 10.6. The van der Waals surface area contributed by atoms with E-state index in [4.69, 9.17) is 14.2 Å². The number of esters is 1. The lowest BCUT2D eigenvalue weighted by atomic mass is 9.95. The number of hydrogen-bond acceptors (Lipinski definition) is 8. The molecule has 0 amide bonds. The number of hydrogen-bond donors (Lipinski definition) is 0. The number of carbonyl (C=O) groups excluding carboxylic acids is 1. The lowest BCUT2D eigenvalue weighted by molar-refractivity contribution is -0.136. The van der Waals surface area contributed by atoms with Crippen molar-refractivity contribution in [3.63, 3.8) is 0 Å². The number of thiazole rings is 1. The lowest BCUT2D eigenvalue weighted by Gasteiger charge is -2.25. The summed E-state index contributed by atoms with van der Waals surface area (Å²) in [5, 5.41) is 1.96. The highest BCUT2D eigenvalue weighted by atomic mass is 32.1. The van der Waals surface area contributed by atoms with Crippen molar-refractivity contribution in [3.8, 4) is 11.5 Å². The molecule has 1 aliphatic heterocycles. The van der Waals surface area contributed by atoms with E-state index in [0.717, 1.165) is 10.4 Å². The quantitative estimate of drug-likeness (QED) is 0.336. The van der Waals surface area contributed by atoms with E-state index in [1.54, 1.807) is 42.1 Å². The van der Waals surface area contributed by atoms with Crippen LogP contribution in [0, 0.1) is 0 Å². The van der Waals surface area contributed by atoms with E-state index in [1.807, 2.05) is 60.0 Å². The molecule has 0 spiro atoms. The molecule has 0 aliphatic carbocycles. The Balaban J connectivity index is 1.61. The van der Waals surface area contributed by atoms with Crippen LogP contribution in [0.1, 0.15) is 29.0 Å². The minimum Gasteiger partial charge on any atom is -0.493 e. The van der Waals surface area contributed by atoms with E-state index in [0.29, 0.717) is 44.3 Å². The number of fused-ring (bicyclic) bond motifs is 1. The Kier molecular flexibility index (Phi) is 7.07. The number of nitrogens with zero attached hydrogens (tertiary/aromatic N) is 2. The Morgan fingerprint density at radius 2 is 1.89 bits per heavy atom. The number of aromatic nitrogens is 1. The highest BCUT2D eigenvalue weighted by Gasteiger charge is 2.33. The zero-order valence-corrected chi connectivity index (χ0v) is 22.1. The molecule has 0 radical (unpaired) electrons. The van der Waals surface area contributed by atoms with E-state index >= 15 is 0 Å². The summed E-state index contributed by atoms with van der Waals surface area (Å²) in [5.74, 6) is 0.510. The number of carbonyl (C=O) groups is 1. The van der Waals surface area contributed by atoms with Gasteiger partial charge in [0.05, 0.1) is 36.1 Å². The normalized spacial score (nSPS) is 15.2. The summed E-state index contributed by atoms with van der Waals surface area (Å²) in [6.07, 6.45) is 1.85. The van der Waals surface area contributed by atoms with Crippen LogP contribution >= 0.6 is 22.7 Å². The summed E-state index contributed by atoms with van der Waals surface area (Å²) in [6, 6.07) is 18.4. The third-order valence-corrected chi connectivity index (χ3v) is 7.79. The standard InChI is InChI=1S/C28H24N2O5S2/c1-17-24(27(32)34-3)25(30-26(31)23(37-28(30)29-17)15-20-10-7-13-36-20)19-11-12-21(22(14-19)33-2)35-16-18-8-5-4-6-9-18/h4-15,25H,16H2,1-3H3. The van der Waals surface area contributed by atoms with Crippen molar-refractivity contribution in [3.05, 3.63) is 113 Å². The zero-order chi connectivity index (χ0) is 25.9. The van der Waals surface area contributed by atoms with Gasteiger partial charge in [-0.15, -0.1) is 11.3 Å². The van der Waals surface area contributed by atoms with Crippen molar-refractivity contribution in [2.45, 2.75) is 19.6 Å². The van der Waals surface area contributed by atoms with Crippen LogP contribution in [0.25, 0.3) is 6.08 Å². The lowest BCUT2D eigenvalue weighted by Crippen LogP contribution is -2.39. The molecule has 0 saturated heterocycles. The Morgan fingerprint density at radius 1 is 1.08 bits per heavy atom. The van der Waals surface area contributed by atoms with Crippen LogP contribution in [-0.4, -0.2) is 24.8 Å². The zero-order valence-electron chi connectivity index (χ0n) is 20.5.